The Morgan fingerprint density at radius 3 is 2.24 bits per heavy atom. The van der Waals surface area contributed by atoms with Gasteiger partial charge in [-0.1, -0.05) is 66.4 Å². The molecule has 5 nitrogen and oxygen atoms in total. The molecule has 0 unspecified atom stereocenters. The van der Waals surface area contributed by atoms with Gasteiger partial charge in [-0.3, -0.25) is 14.5 Å². The van der Waals surface area contributed by atoms with E-state index in [1.165, 1.54) is 11.8 Å². The van der Waals surface area contributed by atoms with Crippen molar-refractivity contribution >= 4 is 45.6 Å². The number of amides is 1. The van der Waals surface area contributed by atoms with Crippen LogP contribution in [0, 0.1) is 5.92 Å². The summed E-state index contributed by atoms with van der Waals surface area (Å²) in [7, 11) is 0. The SMILES string of the molecule is O=C(CSC(=S)N1C[C@@H]2C[C@H](C1)c1cccc(=O)n1C2)N(c1ccccc1)c1ccccc1. The van der Waals surface area contributed by atoms with Gasteiger partial charge in [-0.25, -0.2) is 0 Å². The van der Waals surface area contributed by atoms with E-state index in [0.29, 0.717) is 11.8 Å². The molecule has 2 bridgehead atoms. The Morgan fingerprint density at radius 2 is 1.58 bits per heavy atom. The Hall–Kier alpha value is -2.90. The van der Waals surface area contributed by atoms with E-state index in [1.54, 1.807) is 11.0 Å². The number of fused-ring (bicyclic) bond motifs is 4. The number of carbonyl (C=O) groups is 1. The van der Waals surface area contributed by atoms with E-state index < -0.39 is 0 Å². The monoisotopic (exact) mass is 475 g/mol. The van der Waals surface area contributed by atoms with Crippen LogP contribution < -0.4 is 10.5 Å². The van der Waals surface area contributed by atoms with Crippen molar-refractivity contribution in [3.63, 3.8) is 0 Å². The van der Waals surface area contributed by atoms with Crippen LogP contribution in [0.4, 0.5) is 11.4 Å². The van der Waals surface area contributed by atoms with Gasteiger partial charge in [0.2, 0.25) is 5.91 Å². The minimum Gasteiger partial charge on any atom is -0.356 e. The standard InChI is InChI=1S/C26H25N3O2S2/c30-24-13-7-12-23-20-14-19(16-28(23)24)15-27(17-20)26(32)33-18-25(31)29(21-8-3-1-4-9-21)22-10-5-2-6-11-22/h1-13,19-20H,14-18H2/t19-,20+/m0/s1. The number of thiocarbonyl (C=S) groups is 1. The summed E-state index contributed by atoms with van der Waals surface area (Å²) in [6.45, 7) is 2.36. The Bertz CT molecular complexity index is 1170. The molecule has 1 aromatic heterocycles. The number of aromatic nitrogens is 1. The van der Waals surface area contributed by atoms with Crippen molar-refractivity contribution in [2.75, 3.05) is 23.7 Å². The van der Waals surface area contributed by atoms with Gasteiger partial charge in [0.15, 0.2) is 0 Å². The average molecular weight is 476 g/mol. The number of carbonyl (C=O) groups excluding carboxylic acids is 1. The third-order valence-electron chi connectivity index (χ3n) is 6.34. The third-order valence-corrected chi connectivity index (χ3v) is 7.84. The molecule has 3 aromatic rings. The fourth-order valence-corrected chi connectivity index (χ4v) is 5.95. The highest BCUT2D eigenvalue weighted by Gasteiger charge is 2.35. The van der Waals surface area contributed by atoms with Crippen LogP contribution in [0.15, 0.2) is 83.7 Å². The number of piperidine rings is 1. The van der Waals surface area contributed by atoms with Gasteiger partial charge in [-0.15, -0.1) is 0 Å². The lowest BCUT2D eigenvalue weighted by Gasteiger charge is -2.43. The molecule has 2 aromatic carbocycles. The summed E-state index contributed by atoms with van der Waals surface area (Å²) >= 11 is 7.19. The van der Waals surface area contributed by atoms with E-state index >= 15 is 0 Å². The number of pyridine rings is 1. The van der Waals surface area contributed by atoms with Crippen LogP contribution in [-0.2, 0) is 11.3 Å². The number of nitrogens with zero attached hydrogens (tertiary/aromatic N) is 3. The lowest BCUT2D eigenvalue weighted by molar-refractivity contribution is -0.115. The van der Waals surface area contributed by atoms with Gasteiger partial charge < -0.3 is 9.47 Å². The molecule has 2 aliphatic rings. The molecule has 0 spiro atoms. The number of para-hydroxylation sites is 2. The molecular weight excluding hydrogens is 450 g/mol. The van der Waals surface area contributed by atoms with Crippen LogP contribution in [0.3, 0.4) is 0 Å². The van der Waals surface area contributed by atoms with Crippen LogP contribution in [0.2, 0.25) is 0 Å². The maximum atomic E-state index is 13.3. The van der Waals surface area contributed by atoms with Gasteiger partial charge in [0.05, 0.1) is 5.75 Å². The molecule has 0 radical (unpaired) electrons. The molecule has 2 atom stereocenters. The van der Waals surface area contributed by atoms with Crippen LogP contribution in [0.25, 0.3) is 0 Å². The summed E-state index contributed by atoms with van der Waals surface area (Å²) in [5.74, 6) is 0.959. The van der Waals surface area contributed by atoms with Crippen molar-refractivity contribution in [2.45, 2.75) is 18.9 Å². The number of rotatable bonds is 4. The van der Waals surface area contributed by atoms with Gasteiger partial charge in [-0.05, 0) is 42.7 Å². The summed E-state index contributed by atoms with van der Waals surface area (Å²) in [5, 5.41) is 0. The minimum absolute atomic E-state index is 0.00569. The number of benzene rings is 2. The van der Waals surface area contributed by atoms with E-state index in [-0.39, 0.29) is 17.2 Å². The molecule has 1 amide bonds. The molecule has 5 rings (SSSR count). The highest BCUT2D eigenvalue weighted by molar-refractivity contribution is 8.23. The largest absolute Gasteiger partial charge is 0.356 e. The molecule has 0 saturated carbocycles. The minimum atomic E-state index is -0.00569. The maximum absolute atomic E-state index is 13.3. The van der Waals surface area contributed by atoms with Gasteiger partial charge in [0, 0.05) is 48.7 Å². The lowest BCUT2D eigenvalue weighted by Crippen LogP contribution is -2.48. The molecular formula is C26H25N3O2S2. The van der Waals surface area contributed by atoms with Crippen molar-refractivity contribution in [3.05, 3.63) is 94.9 Å². The van der Waals surface area contributed by atoms with Crippen molar-refractivity contribution in [1.29, 1.82) is 0 Å². The highest BCUT2D eigenvalue weighted by Crippen LogP contribution is 2.36. The van der Waals surface area contributed by atoms with Crippen molar-refractivity contribution < 1.29 is 4.79 Å². The predicted molar refractivity (Wildman–Crippen MR) is 138 cm³/mol. The Balaban J connectivity index is 1.28. The summed E-state index contributed by atoms with van der Waals surface area (Å²) < 4.78 is 2.68. The Morgan fingerprint density at radius 1 is 0.909 bits per heavy atom. The van der Waals surface area contributed by atoms with Crippen LogP contribution >= 0.6 is 24.0 Å². The highest BCUT2D eigenvalue weighted by atomic mass is 32.2. The van der Waals surface area contributed by atoms with E-state index in [2.05, 4.69) is 11.0 Å². The zero-order chi connectivity index (χ0) is 22.8. The molecule has 0 aliphatic carbocycles. The second-order valence-electron chi connectivity index (χ2n) is 8.56. The molecule has 168 valence electrons. The van der Waals surface area contributed by atoms with Gasteiger partial charge in [-0.2, -0.15) is 0 Å². The second-order valence-corrected chi connectivity index (χ2v) is 10.2. The van der Waals surface area contributed by atoms with E-state index in [0.717, 1.165) is 47.4 Å². The number of hydrogen-bond donors (Lipinski definition) is 0. The summed E-state index contributed by atoms with van der Waals surface area (Å²) in [6.07, 6.45) is 1.09. The van der Waals surface area contributed by atoms with E-state index in [9.17, 15) is 9.59 Å². The van der Waals surface area contributed by atoms with Gasteiger partial charge >= 0.3 is 0 Å². The molecule has 7 heteroatoms. The van der Waals surface area contributed by atoms with Gasteiger partial charge in [0.1, 0.15) is 4.32 Å². The lowest BCUT2D eigenvalue weighted by atomic mass is 9.83. The van der Waals surface area contributed by atoms with Gasteiger partial charge in [0.25, 0.3) is 5.56 Å². The smallest absolute Gasteiger partial charge is 0.250 e. The third kappa shape index (κ3) is 4.61. The summed E-state index contributed by atoms with van der Waals surface area (Å²) in [4.78, 5) is 29.6. The van der Waals surface area contributed by atoms with Crippen LogP contribution in [-0.4, -0.2) is 38.5 Å². The Kier molecular flexibility index (Phi) is 6.33. The predicted octanol–water partition coefficient (Wildman–Crippen LogP) is 4.65. The number of likely N-dealkylation sites (tertiary alicyclic amines) is 1. The molecule has 33 heavy (non-hydrogen) atoms. The number of hydrogen-bond acceptors (Lipinski definition) is 4. The fraction of sp³-hybridized carbons (Fsp3) is 0.269. The summed E-state index contributed by atoms with van der Waals surface area (Å²) in [5.41, 5.74) is 2.87. The van der Waals surface area contributed by atoms with E-state index in [1.807, 2.05) is 71.3 Å². The first-order chi connectivity index (χ1) is 16.1. The van der Waals surface area contributed by atoms with Crippen molar-refractivity contribution in [3.8, 4) is 0 Å². The Labute approximate surface area is 203 Å². The molecule has 2 aliphatic heterocycles. The topological polar surface area (TPSA) is 45.6 Å². The molecule has 1 fully saturated rings. The quantitative estimate of drug-likeness (QED) is 0.514. The number of thioether (sulfide) groups is 1. The fourth-order valence-electron chi connectivity index (χ4n) is 4.92. The van der Waals surface area contributed by atoms with Crippen molar-refractivity contribution in [1.82, 2.24) is 9.47 Å². The second kappa shape index (κ2) is 9.53. The molecule has 0 N–H and O–H groups in total. The maximum Gasteiger partial charge on any atom is 0.250 e. The van der Waals surface area contributed by atoms with Crippen LogP contribution in [0.1, 0.15) is 18.0 Å². The van der Waals surface area contributed by atoms with Crippen LogP contribution in [0.5, 0.6) is 0 Å². The van der Waals surface area contributed by atoms with Crippen molar-refractivity contribution in [2.24, 2.45) is 5.92 Å². The van der Waals surface area contributed by atoms with E-state index in [4.69, 9.17) is 12.2 Å². The summed E-state index contributed by atoms with van der Waals surface area (Å²) in [6, 6.07) is 25.0. The molecule has 1 saturated heterocycles. The first-order valence-corrected chi connectivity index (χ1v) is 12.5. The zero-order valence-electron chi connectivity index (χ0n) is 18.2. The normalized spacial score (nSPS) is 19.0. The molecule has 3 heterocycles. The first kappa shape index (κ1) is 21.9. The first-order valence-electron chi connectivity index (χ1n) is 11.1. The average Bonchev–Trinajstić information content (AvgIpc) is 2.84. The number of anilines is 2. The zero-order valence-corrected chi connectivity index (χ0v) is 19.8.